The molecule has 4 heterocycles. The Morgan fingerprint density at radius 3 is 2.35 bits per heavy atom. The van der Waals surface area contributed by atoms with E-state index in [1.807, 2.05) is 39.8 Å². The van der Waals surface area contributed by atoms with Crippen molar-refractivity contribution in [1.29, 1.82) is 0 Å². The standard InChI is InChI=1S/C27H40N2O8/c1-26(2)33-16-19(35-26)22-23-24(37-27(3,4)36-23)25(34-22)28-18-11-9-17(10-12-18)7-6-8-20(30)29(5)15-21-31-13-14-32-21/h9-12,19,21-25,28H,6-8,13-16H2,1-5H3/t19?,22?,23-,24-,25?/m0/s1. The third-order valence-corrected chi connectivity index (χ3v) is 7.14. The Morgan fingerprint density at radius 2 is 1.68 bits per heavy atom. The van der Waals surface area contributed by atoms with E-state index in [1.54, 1.807) is 11.9 Å². The topological polar surface area (TPSA) is 97.0 Å². The maximum absolute atomic E-state index is 12.4. The number of ether oxygens (including phenoxy) is 7. The SMILES string of the molecule is CN(CC1OCCO1)C(=O)CCCc1ccc(NC2OC(C3COC(C)(C)O3)[C@@H]3OC(C)(C)O[C@H]23)cc1. The molecule has 0 radical (unpaired) electrons. The van der Waals surface area contributed by atoms with Crippen LogP contribution in [0, 0.1) is 0 Å². The zero-order chi connectivity index (χ0) is 26.2. The van der Waals surface area contributed by atoms with Crippen LogP contribution in [-0.2, 0) is 44.4 Å². The smallest absolute Gasteiger partial charge is 0.222 e. The lowest BCUT2D eigenvalue weighted by Crippen LogP contribution is -2.40. The highest BCUT2D eigenvalue weighted by Crippen LogP contribution is 2.42. The van der Waals surface area contributed by atoms with Crippen molar-refractivity contribution in [3.8, 4) is 0 Å². The van der Waals surface area contributed by atoms with Gasteiger partial charge in [0, 0.05) is 19.2 Å². The molecule has 4 aliphatic rings. The maximum Gasteiger partial charge on any atom is 0.222 e. The number of hydrogen-bond donors (Lipinski definition) is 1. The van der Waals surface area contributed by atoms with Crippen LogP contribution in [0.5, 0.6) is 0 Å². The average molecular weight is 521 g/mol. The number of fused-ring (bicyclic) bond motifs is 1. The summed E-state index contributed by atoms with van der Waals surface area (Å²) in [6.45, 7) is 9.75. The lowest BCUT2D eigenvalue weighted by molar-refractivity contribution is -0.203. The molecule has 10 heteroatoms. The number of carbonyl (C=O) groups excluding carboxylic acids is 1. The number of benzene rings is 1. The Kier molecular flexibility index (Phi) is 7.80. The molecule has 3 unspecified atom stereocenters. The van der Waals surface area contributed by atoms with Crippen molar-refractivity contribution < 1.29 is 38.0 Å². The Bertz CT molecular complexity index is 933. The molecule has 5 rings (SSSR count). The van der Waals surface area contributed by atoms with Gasteiger partial charge in [0.05, 0.1) is 26.4 Å². The van der Waals surface area contributed by atoms with Crippen LogP contribution in [0.3, 0.4) is 0 Å². The fraction of sp³-hybridized carbons (Fsp3) is 0.741. The fourth-order valence-electron chi connectivity index (χ4n) is 5.33. The molecule has 1 amide bonds. The minimum Gasteiger partial charge on any atom is -0.358 e. The van der Waals surface area contributed by atoms with Crippen molar-refractivity contribution in [1.82, 2.24) is 4.90 Å². The van der Waals surface area contributed by atoms with E-state index in [4.69, 9.17) is 33.2 Å². The highest BCUT2D eigenvalue weighted by atomic mass is 16.8. The second kappa shape index (κ2) is 10.8. The molecule has 0 aliphatic carbocycles. The van der Waals surface area contributed by atoms with Gasteiger partial charge in [-0.1, -0.05) is 12.1 Å². The first-order chi connectivity index (χ1) is 17.6. The maximum atomic E-state index is 12.4. The van der Waals surface area contributed by atoms with Crippen LogP contribution in [-0.4, -0.2) is 92.7 Å². The van der Waals surface area contributed by atoms with Gasteiger partial charge in [0.1, 0.15) is 24.4 Å². The van der Waals surface area contributed by atoms with Gasteiger partial charge in [0.2, 0.25) is 5.91 Å². The van der Waals surface area contributed by atoms with E-state index in [9.17, 15) is 4.79 Å². The van der Waals surface area contributed by atoms with Gasteiger partial charge in [0.15, 0.2) is 24.1 Å². The number of nitrogens with zero attached hydrogens (tertiary/aromatic N) is 1. The molecule has 5 atom stereocenters. The van der Waals surface area contributed by atoms with Gasteiger partial charge >= 0.3 is 0 Å². The Balaban J connectivity index is 1.12. The second-order valence-corrected chi connectivity index (χ2v) is 11.1. The molecular formula is C27H40N2O8. The summed E-state index contributed by atoms with van der Waals surface area (Å²) in [5, 5.41) is 3.47. The van der Waals surface area contributed by atoms with Gasteiger partial charge in [-0.2, -0.15) is 0 Å². The summed E-state index contributed by atoms with van der Waals surface area (Å²) >= 11 is 0. The monoisotopic (exact) mass is 520 g/mol. The molecule has 4 aliphatic heterocycles. The molecule has 0 spiro atoms. The number of carbonyl (C=O) groups is 1. The van der Waals surface area contributed by atoms with Crippen LogP contribution in [0.4, 0.5) is 5.69 Å². The van der Waals surface area contributed by atoms with E-state index in [1.165, 1.54) is 5.56 Å². The molecule has 4 fully saturated rings. The van der Waals surface area contributed by atoms with E-state index in [2.05, 4.69) is 17.4 Å². The molecule has 1 aromatic carbocycles. The zero-order valence-corrected chi connectivity index (χ0v) is 22.4. The van der Waals surface area contributed by atoms with Crippen LogP contribution in [0.15, 0.2) is 24.3 Å². The van der Waals surface area contributed by atoms with Gasteiger partial charge in [0.25, 0.3) is 0 Å². The van der Waals surface area contributed by atoms with E-state index in [-0.39, 0.29) is 42.8 Å². The minimum absolute atomic E-state index is 0.0987. The predicted molar refractivity (Wildman–Crippen MR) is 134 cm³/mol. The molecule has 10 nitrogen and oxygen atoms in total. The molecule has 206 valence electrons. The highest BCUT2D eigenvalue weighted by molar-refractivity contribution is 5.75. The quantitative estimate of drug-likeness (QED) is 0.527. The van der Waals surface area contributed by atoms with Gasteiger partial charge in [-0.25, -0.2) is 0 Å². The molecular weight excluding hydrogens is 480 g/mol. The second-order valence-electron chi connectivity index (χ2n) is 11.1. The molecule has 1 N–H and O–H groups in total. The molecule has 0 aromatic heterocycles. The van der Waals surface area contributed by atoms with E-state index in [0.29, 0.717) is 32.8 Å². The number of amides is 1. The molecule has 0 bridgehead atoms. The summed E-state index contributed by atoms with van der Waals surface area (Å²) in [5.74, 6) is -1.24. The minimum atomic E-state index is -0.696. The number of aryl methyl sites for hydroxylation is 1. The van der Waals surface area contributed by atoms with Crippen molar-refractivity contribution in [3.05, 3.63) is 29.8 Å². The van der Waals surface area contributed by atoms with E-state index < -0.39 is 11.6 Å². The fourth-order valence-corrected chi connectivity index (χ4v) is 5.33. The van der Waals surface area contributed by atoms with Crippen molar-refractivity contribution in [2.45, 2.75) is 95.5 Å². The predicted octanol–water partition coefficient (Wildman–Crippen LogP) is 2.65. The van der Waals surface area contributed by atoms with Gasteiger partial charge in [-0.05, 0) is 58.2 Å². The van der Waals surface area contributed by atoms with Crippen molar-refractivity contribution in [2.24, 2.45) is 0 Å². The average Bonchev–Trinajstić information content (AvgIpc) is 3.60. The molecule has 0 saturated carbocycles. The van der Waals surface area contributed by atoms with Crippen LogP contribution < -0.4 is 5.32 Å². The number of likely N-dealkylation sites (N-methyl/N-ethyl adjacent to an activating group) is 1. The molecule has 4 saturated heterocycles. The molecule has 1 aromatic rings. The Hall–Kier alpha value is -1.79. The first kappa shape index (κ1) is 26.8. The summed E-state index contributed by atoms with van der Waals surface area (Å²) in [6.07, 6.45) is 0.356. The Morgan fingerprint density at radius 1 is 0.973 bits per heavy atom. The van der Waals surface area contributed by atoms with Crippen LogP contribution in [0.1, 0.15) is 46.1 Å². The lowest BCUT2D eigenvalue weighted by Gasteiger charge is -2.27. The van der Waals surface area contributed by atoms with Gasteiger partial charge in [-0.15, -0.1) is 0 Å². The third-order valence-electron chi connectivity index (χ3n) is 7.14. The van der Waals surface area contributed by atoms with Crippen LogP contribution >= 0.6 is 0 Å². The summed E-state index contributed by atoms with van der Waals surface area (Å²) < 4.78 is 41.5. The largest absolute Gasteiger partial charge is 0.358 e. The van der Waals surface area contributed by atoms with E-state index in [0.717, 1.165) is 18.5 Å². The first-order valence-corrected chi connectivity index (χ1v) is 13.2. The number of nitrogens with one attached hydrogen (secondary N) is 1. The van der Waals surface area contributed by atoms with Crippen molar-refractivity contribution in [2.75, 3.05) is 38.7 Å². The van der Waals surface area contributed by atoms with Gasteiger partial charge < -0.3 is 43.4 Å². The number of anilines is 1. The summed E-state index contributed by atoms with van der Waals surface area (Å²) in [6, 6.07) is 8.21. The van der Waals surface area contributed by atoms with Crippen LogP contribution in [0.25, 0.3) is 0 Å². The Labute approximate surface area is 218 Å². The van der Waals surface area contributed by atoms with E-state index >= 15 is 0 Å². The zero-order valence-electron chi connectivity index (χ0n) is 22.4. The van der Waals surface area contributed by atoms with Crippen molar-refractivity contribution >= 4 is 11.6 Å². The normalized spacial score (nSPS) is 32.5. The molecule has 37 heavy (non-hydrogen) atoms. The number of rotatable bonds is 9. The summed E-state index contributed by atoms with van der Waals surface area (Å²) in [7, 11) is 1.79. The number of hydrogen-bond acceptors (Lipinski definition) is 9. The third kappa shape index (κ3) is 6.44. The summed E-state index contributed by atoms with van der Waals surface area (Å²) in [5.41, 5.74) is 2.10. The van der Waals surface area contributed by atoms with Gasteiger partial charge in [-0.3, -0.25) is 4.79 Å². The first-order valence-electron chi connectivity index (χ1n) is 13.2. The van der Waals surface area contributed by atoms with Crippen LogP contribution in [0.2, 0.25) is 0 Å². The summed E-state index contributed by atoms with van der Waals surface area (Å²) in [4.78, 5) is 14.1. The highest BCUT2D eigenvalue weighted by Gasteiger charge is 2.59. The van der Waals surface area contributed by atoms with Crippen molar-refractivity contribution in [3.63, 3.8) is 0 Å². The lowest BCUT2D eigenvalue weighted by atomic mass is 10.1.